The van der Waals surface area contributed by atoms with Crippen molar-refractivity contribution in [3.05, 3.63) is 77.4 Å². The summed E-state index contributed by atoms with van der Waals surface area (Å²) < 4.78 is 5.33. The van der Waals surface area contributed by atoms with Gasteiger partial charge < -0.3 is 15.0 Å². The van der Waals surface area contributed by atoms with Gasteiger partial charge in [0.2, 0.25) is 5.91 Å². The van der Waals surface area contributed by atoms with Crippen LogP contribution in [0.1, 0.15) is 82.4 Å². The molecule has 1 N–H and O–H groups in total. The van der Waals surface area contributed by atoms with Crippen molar-refractivity contribution in [2.24, 2.45) is 0 Å². The maximum Gasteiger partial charge on any atom is 0.320 e. The number of esters is 1. The molecule has 0 spiro atoms. The third-order valence-corrected chi connectivity index (χ3v) is 6.67. The van der Waals surface area contributed by atoms with Crippen LogP contribution in [-0.4, -0.2) is 41.5 Å². The van der Waals surface area contributed by atoms with Crippen molar-refractivity contribution in [2.45, 2.75) is 83.9 Å². The number of rotatable bonds is 10. The minimum Gasteiger partial charge on any atom is -0.459 e. The molecule has 0 unspecified atom stereocenters. The third kappa shape index (κ3) is 8.94. The summed E-state index contributed by atoms with van der Waals surface area (Å²) in [7, 11) is 0. The number of ether oxygens (including phenoxy) is 1. The van der Waals surface area contributed by atoms with Crippen LogP contribution in [0.5, 0.6) is 0 Å². The first-order valence-corrected chi connectivity index (χ1v) is 13.3. The molecule has 1 aliphatic rings. The van der Waals surface area contributed by atoms with E-state index in [1.165, 1.54) is 5.56 Å². The van der Waals surface area contributed by atoms with Gasteiger partial charge in [-0.05, 0) is 76.0 Å². The van der Waals surface area contributed by atoms with Gasteiger partial charge >= 0.3 is 5.97 Å². The fourth-order valence-electron chi connectivity index (χ4n) is 4.93. The lowest BCUT2D eigenvalue weighted by atomic mass is 9.81. The lowest BCUT2D eigenvalue weighted by Gasteiger charge is -2.36. The molecule has 1 saturated carbocycles. The zero-order chi connectivity index (χ0) is 26.0. The van der Waals surface area contributed by atoms with Gasteiger partial charge in [0.25, 0.3) is 0 Å². The molecule has 36 heavy (non-hydrogen) atoms. The average molecular weight is 491 g/mol. The van der Waals surface area contributed by atoms with Gasteiger partial charge in [-0.15, -0.1) is 0 Å². The molecule has 0 radical (unpaired) electrons. The smallest absolute Gasteiger partial charge is 0.320 e. The van der Waals surface area contributed by atoms with Crippen LogP contribution in [0.25, 0.3) is 6.08 Å². The van der Waals surface area contributed by atoms with Crippen molar-refractivity contribution >= 4 is 18.0 Å². The lowest BCUT2D eigenvalue weighted by Crippen LogP contribution is -2.41. The van der Waals surface area contributed by atoms with Gasteiger partial charge in [-0.25, -0.2) is 0 Å². The van der Waals surface area contributed by atoms with Crippen LogP contribution in [0, 0.1) is 0 Å². The summed E-state index contributed by atoms with van der Waals surface area (Å²) in [5.41, 5.74) is 3.19. The molecule has 5 nitrogen and oxygen atoms in total. The predicted molar refractivity (Wildman–Crippen MR) is 146 cm³/mol. The van der Waals surface area contributed by atoms with Crippen LogP contribution < -0.4 is 5.32 Å². The molecule has 0 aromatic heterocycles. The van der Waals surface area contributed by atoms with E-state index in [0.29, 0.717) is 24.9 Å². The molecule has 3 rings (SSSR count). The van der Waals surface area contributed by atoms with Crippen LogP contribution in [0.2, 0.25) is 0 Å². The van der Waals surface area contributed by atoms with E-state index in [1.54, 1.807) is 0 Å². The highest BCUT2D eigenvalue weighted by molar-refractivity contribution is 5.79. The second kappa shape index (κ2) is 13.4. The number of nitrogens with zero attached hydrogens (tertiary/aromatic N) is 1. The Bertz CT molecular complexity index is 985. The molecule has 1 fully saturated rings. The largest absolute Gasteiger partial charge is 0.459 e. The lowest BCUT2D eigenvalue weighted by molar-refractivity contribution is -0.153. The molecular formula is C31H42N2O3. The molecular weight excluding hydrogens is 448 g/mol. The zero-order valence-corrected chi connectivity index (χ0v) is 22.3. The van der Waals surface area contributed by atoms with Crippen LogP contribution in [-0.2, 0) is 20.9 Å². The molecule has 0 bridgehead atoms. The van der Waals surface area contributed by atoms with Crippen molar-refractivity contribution in [3.63, 3.8) is 0 Å². The predicted octanol–water partition coefficient (Wildman–Crippen LogP) is 6.10. The van der Waals surface area contributed by atoms with E-state index < -0.39 is 5.60 Å². The van der Waals surface area contributed by atoms with Gasteiger partial charge in [0, 0.05) is 25.6 Å². The van der Waals surface area contributed by atoms with Crippen molar-refractivity contribution < 1.29 is 14.3 Å². The van der Waals surface area contributed by atoms with E-state index in [0.717, 1.165) is 43.4 Å². The number of nitrogens with one attached hydrogen (secondary N) is 1. The topological polar surface area (TPSA) is 58.6 Å². The normalized spacial score (nSPS) is 18.2. The Morgan fingerprint density at radius 1 is 1.00 bits per heavy atom. The number of carbonyl (C=O) groups excluding carboxylic acids is 2. The summed E-state index contributed by atoms with van der Waals surface area (Å²) in [5, 5.41) is 3.17. The highest BCUT2D eigenvalue weighted by Crippen LogP contribution is 2.35. The number of benzene rings is 2. The van der Waals surface area contributed by atoms with Gasteiger partial charge in [-0.2, -0.15) is 0 Å². The number of carbonyl (C=O) groups is 2. The van der Waals surface area contributed by atoms with Crippen LogP contribution in [0.4, 0.5) is 0 Å². The maximum atomic E-state index is 12.9. The fourth-order valence-corrected chi connectivity index (χ4v) is 4.93. The minimum atomic E-state index is -0.458. The molecule has 0 atom stereocenters. The highest BCUT2D eigenvalue weighted by atomic mass is 16.6. The van der Waals surface area contributed by atoms with Crippen LogP contribution >= 0.6 is 0 Å². The van der Waals surface area contributed by atoms with Crippen LogP contribution in [0.3, 0.4) is 0 Å². The first kappa shape index (κ1) is 27.7. The van der Waals surface area contributed by atoms with E-state index in [9.17, 15) is 9.59 Å². The van der Waals surface area contributed by atoms with E-state index in [1.807, 2.05) is 63.3 Å². The van der Waals surface area contributed by atoms with Gasteiger partial charge in [-0.1, -0.05) is 66.7 Å². The summed E-state index contributed by atoms with van der Waals surface area (Å²) in [6, 6.07) is 19.2. The first-order valence-electron chi connectivity index (χ1n) is 13.3. The summed E-state index contributed by atoms with van der Waals surface area (Å²) in [6.07, 6.45) is 8.76. The Kier molecular flexibility index (Phi) is 10.3. The summed E-state index contributed by atoms with van der Waals surface area (Å²) in [4.78, 5) is 26.8. The maximum absolute atomic E-state index is 12.9. The third-order valence-electron chi connectivity index (χ3n) is 6.67. The van der Waals surface area contributed by atoms with Gasteiger partial charge in [0.05, 0.1) is 6.54 Å². The Morgan fingerprint density at radius 2 is 1.67 bits per heavy atom. The number of hydrogen-bond donors (Lipinski definition) is 1. The fraction of sp³-hybridized carbons (Fsp3) is 0.484. The molecule has 1 aliphatic carbocycles. The summed E-state index contributed by atoms with van der Waals surface area (Å²) in [6.45, 7) is 9.31. The molecule has 1 amide bonds. The average Bonchev–Trinajstić information content (AvgIpc) is 2.85. The van der Waals surface area contributed by atoms with E-state index in [-0.39, 0.29) is 18.4 Å². The molecule has 0 aliphatic heterocycles. The molecule has 2 aromatic rings. The Balaban J connectivity index is 1.43. The minimum absolute atomic E-state index is 0.206. The summed E-state index contributed by atoms with van der Waals surface area (Å²) >= 11 is 0. The SMILES string of the molecule is CCN(C(=O)CC=Cc1ccccc1)[C@H]1CC[C@H](c2ccc(CNCC(=O)OC(C)(C)C)cc2)CC1. The molecule has 2 aromatic carbocycles. The summed E-state index contributed by atoms with van der Waals surface area (Å²) in [5.74, 6) is 0.524. The van der Waals surface area contributed by atoms with E-state index >= 15 is 0 Å². The molecule has 0 heterocycles. The van der Waals surface area contributed by atoms with Crippen molar-refractivity contribution in [1.29, 1.82) is 0 Å². The molecule has 5 heteroatoms. The Morgan fingerprint density at radius 3 is 2.28 bits per heavy atom. The second-order valence-corrected chi connectivity index (χ2v) is 10.6. The highest BCUT2D eigenvalue weighted by Gasteiger charge is 2.28. The standard InChI is InChI=1S/C31H42N2O3/c1-5-33(29(34)13-9-12-24-10-7-6-8-11-24)28-20-18-27(19-21-28)26-16-14-25(15-17-26)22-32-23-30(35)36-31(2,3)4/h6-12,14-17,27-28,32H,5,13,18-23H2,1-4H3/t27-,28-. The second-order valence-electron chi connectivity index (χ2n) is 10.6. The van der Waals surface area contributed by atoms with Gasteiger partial charge in [0.15, 0.2) is 0 Å². The van der Waals surface area contributed by atoms with Gasteiger partial charge in [-0.3, -0.25) is 9.59 Å². The van der Waals surface area contributed by atoms with Crippen LogP contribution in [0.15, 0.2) is 60.7 Å². The Labute approximate surface area is 216 Å². The van der Waals surface area contributed by atoms with Crippen molar-refractivity contribution in [2.75, 3.05) is 13.1 Å². The number of hydrogen-bond acceptors (Lipinski definition) is 4. The van der Waals surface area contributed by atoms with E-state index in [2.05, 4.69) is 41.4 Å². The number of amides is 1. The van der Waals surface area contributed by atoms with Gasteiger partial charge in [0.1, 0.15) is 5.60 Å². The van der Waals surface area contributed by atoms with E-state index in [4.69, 9.17) is 4.74 Å². The van der Waals surface area contributed by atoms with Crippen molar-refractivity contribution in [3.8, 4) is 0 Å². The zero-order valence-electron chi connectivity index (χ0n) is 22.3. The van der Waals surface area contributed by atoms with Crippen molar-refractivity contribution in [1.82, 2.24) is 10.2 Å². The Hall–Kier alpha value is -2.92. The monoisotopic (exact) mass is 490 g/mol. The quantitative estimate of drug-likeness (QED) is 0.409. The molecule has 0 saturated heterocycles. The molecule has 194 valence electrons. The first-order chi connectivity index (χ1) is 17.2.